The van der Waals surface area contributed by atoms with Gasteiger partial charge in [-0.25, -0.2) is 0 Å². The van der Waals surface area contributed by atoms with Gasteiger partial charge in [0.25, 0.3) is 0 Å². The van der Waals surface area contributed by atoms with Crippen LogP contribution in [0.15, 0.2) is 30.3 Å². The first kappa shape index (κ1) is 14.8. The van der Waals surface area contributed by atoms with Gasteiger partial charge in [-0.2, -0.15) is 0 Å². The molecule has 0 amide bonds. The molecule has 0 saturated carbocycles. The summed E-state index contributed by atoms with van der Waals surface area (Å²) in [6.45, 7) is 5.26. The van der Waals surface area contributed by atoms with Crippen LogP contribution >= 0.6 is 0 Å². The lowest BCUT2D eigenvalue weighted by Gasteiger charge is -2.06. The molecule has 0 radical (unpaired) electrons. The molecule has 1 heteroatoms. The van der Waals surface area contributed by atoms with E-state index in [1.165, 1.54) is 31.2 Å². The van der Waals surface area contributed by atoms with Gasteiger partial charge in [0.05, 0.1) is 6.61 Å². The molecule has 0 aliphatic heterocycles. The molecule has 18 heavy (non-hydrogen) atoms. The largest absolute Gasteiger partial charge is 0.494 e. The van der Waals surface area contributed by atoms with E-state index in [-0.39, 0.29) is 0 Å². The topological polar surface area (TPSA) is 9.23 Å². The van der Waals surface area contributed by atoms with Crippen molar-refractivity contribution in [3.05, 3.63) is 35.9 Å². The van der Waals surface area contributed by atoms with Gasteiger partial charge in [-0.1, -0.05) is 63.8 Å². The highest BCUT2D eigenvalue weighted by Crippen LogP contribution is 2.14. The third-order valence-electron chi connectivity index (χ3n) is 2.91. The van der Waals surface area contributed by atoms with Crippen molar-refractivity contribution in [2.24, 2.45) is 0 Å². The predicted molar refractivity (Wildman–Crippen MR) is 80.0 cm³/mol. The summed E-state index contributed by atoms with van der Waals surface area (Å²) >= 11 is 0. The molecule has 0 spiro atoms. The Morgan fingerprint density at radius 2 is 1.72 bits per heavy atom. The van der Waals surface area contributed by atoms with Crippen LogP contribution in [0.5, 0.6) is 5.75 Å². The van der Waals surface area contributed by atoms with Crippen LogP contribution in [-0.2, 0) is 0 Å². The predicted octanol–water partition coefficient (Wildman–Crippen LogP) is 5.46. The molecule has 0 atom stereocenters. The number of hydrogen-bond donors (Lipinski definition) is 0. The molecule has 0 bridgehead atoms. The van der Waals surface area contributed by atoms with Crippen LogP contribution in [0.4, 0.5) is 0 Å². The Labute approximate surface area is 112 Å². The molecule has 0 heterocycles. The summed E-state index contributed by atoms with van der Waals surface area (Å²) in [7, 11) is 0. The summed E-state index contributed by atoms with van der Waals surface area (Å²) < 4.78 is 5.71. The van der Waals surface area contributed by atoms with Crippen molar-refractivity contribution in [2.45, 2.75) is 52.4 Å². The molecule has 0 aromatic heterocycles. The van der Waals surface area contributed by atoms with Crippen LogP contribution in [0, 0.1) is 0 Å². The summed E-state index contributed by atoms with van der Waals surface area (Å²) in [5, 5.41) is 0. The molecule has 0 unspecified atom stereocenters. The molecule has 1 nitrogen and oxygen atoms in total. The van der Waals surface area contributed by atoms with Gasteiger partial charge in [0.2, 0.25) is 0 Å². The van der Waals surface area contributed by atoms with Gasteiger partial charge < -0.3 is 4.74 Å². The van der Waals surface area contributed by atoms with E-state index in [9.17, 15) is 0 Å². The van der Waals surface area contributed by atoms with E-state index < -0.39 is 0 Å². The maximum absolute atomic E-state index is 5.71. The van der Waals surface area contributed by atoms with Crippen LogP contribution in [0.1, 0.15) is 57.9 Å². The molecule has 0 aliphatic carbocycles. The molecule has 1 rings (SSSR count). The van der Waals surface area contributed by atoms with Crippen LogP contribution in [0.3, 0.4) is 0 Å². The summed E-state index contributed by atoms with van der Waals surface area (Å²) in [5.41, 5.74) is 1.25. The first-order valence-corrected chi connectivity index (χ1v) is 7.26. The average Bonchev–Trinajstić information content (AvgIpc) is 2.40. The van der Waals surface area contributed by atoms with Gasteiger partial charge in [-0.05, 0) is 30.5 Å². The normalized spacial score (nSPS) is 11.0. The number of benzene rings is 1. The summed E-state index contributed by atoms with van der Waals surface area (Å²) in [6.07, 6.45) is 11.8. The van der Waals surface area contributed by atoms with Crippen molar-refractivity contribution in [3.63, 3.8) is 0 Å². The Hall–Kier alpha value is -1.24. The highest BCUT2D eigenvalue weighted by atomic mass is 16.5. The van der Waals surface area contributed by atoms with Crippen LogP contribution in [-0.4, -0.2) is 6.61 Å². The zero-order chi connectivity index (χ0) is 13.1. The van der Waals surface area contributed by atoms with Crippen molar-refractivity contribution in [1.82, 2.24) is 0 Å². The van der Waals surface area contributed by atoms with Crippen molar-refractivity contribution in [2.75, 3.05) is 6.61 Å². The lowest BCUT2D eigenvalue weighted by molar-refractivity contribution is 0.305. The molecular formula is C17H26O. The van der Waals surface area contributed by atoms with Crippen LogP contribution in [0.2, 0.25) is 0 Å². The van der Waals surface area contributed by atoms with E-state index in [1.54, 1.807) is 0 Å². The molecule has 100 valence electrons. The van der Waals surface area contributed by atoms with Crippen molar-refractivity contribution < 1.29 is 4.74 Å². The number of unbranched alkanes of at least 4 members (excludes halogenated alkanes) is 4. The van der Waals surface area contributed by atoms with Crippen LogP contribution < -0.4 is 4.74 Å². The molecule has 0 N–H and O–H groups in total. The highest BCUT2D eigenvalue weighted by molar-refractivity contribution is 5.50. The van der Waals surface area contributed by atoms with Gasteiger partial charge in [-0.15, -0.1) is 0 Å². The van der Waals surface area contributed by atoms with Crippen molar-refractivity contribution >= 4 is 6.08 Å². The first-order chi connectivity index (χ1) is 8.86. The Balaban J connectivity index is 2.27. The van der Waals surface area contributed by atoms with Gasteiger partial charge >= 0.3 is 0 Å². The monoisotopic (exact) mass is 246 g/mol. The fraction of sp³-hybridized carbons (Fsp3) is 0.529. The third-order valence-corrected chi connectivity index (χ3v) is 2.91. The fourth-order valence-electron chi connectivity index (χ4n) is 1.78. The van der Waals surface area contributed by atoms with E-state index in [1.807, 2.05) is 0 Å². The van der Waals surface area contributed by atoms with Crippen molar-refractivity contribution in [1.29, 1.82) is 0 Å². The van der Waals surface area contributed by atoms with Gasteiger partial charge in [-0.3, -0.25) is 0 Å². The molecule has 0 saturated heterocycles. The second kappa shape index (κ2) is 9.76. The third kappa shape index (κ3) is 6.48. The van der Waals surface area contributed by atoms with Gasteiger partial charge in [0.15, 0.2) is 0 Å². The minimum atomic E-state index is 0.838. The molecule has 1 aromatic rings. The molecular weight excluding hydrogens is 220 g/mol. The number of ether oxygens (including phenoxy) is 1. The maximum Gasteiger partial charge on any atom is 0.119 e. The first-order valence-electron chi connectivity index (χ1n) is 7.26. The van der Waals surface area contributed by atoms with E-state index in [0.29, 0.717) is 0 Å². The Bertz CT molecular complexity index is 324. The fourth-order valence-corrected chi connectivity index (χ4v) is 1.78. The van der Waals surface area contributed by atoms with E-state index in [4.69, 9.17) is 4.74 Å². The van der Waals surface area contributed by atoms with Crippen LogP contribution in [0.25, 0.3) is 6.08 Å². The number of hydrogen-bond acceptors (Lipinski definition) is 1. The van der Waals surface area contributed by atoms with E-state index >= 15 is 0 Å². The summed E-state index contributed by atoms with van der Waals surface area (Å²) in [6, 6.07) is 8.36. The summed E-state index contributed by atoms with van der Waals surface area (Å²) in [4.78, 5) is 0. The Morgan fingerprint density at radius 3 is 2.39 bits per heavy atom. The molecule has 0 fully saturated rings. The second-order valence-corrected chi connectivity index (χ2v) is 4.67. The Kier molecular flexibility index (Phi) is 8.03. The zero-order valence-corrected chi connectivity index (χ0v) is 11.8. The second-order valence-electron chi connectivity index (χ2n) is 4.67. The molecule has 1 aromatic carbocycles. The van der Waals surface area contributed by atoms with Gasteiger partial charge in [0.1, 0.15) is 5.75 Å². The number of rotatable bonds is 9. The Morgan fingerprint density at radius 1 is 0.944 bits per heavy atom. The lowest BCUT2D eigenvalue weighted by Crippen LogP contribution is -1.96. The lowest BCUT2D eigenvalue weighted by atomic mass is 10.2. The minimum Gasteiger partial charge on any atom is -0.494 e. The summed E-state index contributed by atoms with van der Waals surface area (Å²) in [5.74, 6) is 0.985. The standard InChI is InChI=1S/C17H26O/c1-3-5-7-9-15-18-17-13-11-16(12-14-17)10-8-6-4-2/h8,10-14H,3-7,9,15H2,1-2H3/b10-8+. The molecule has 0 aliphatic rings. The smallest absolute Gasteiger partial charge is 0.119 e. The van der Waals surface area contributed by atoms with E-state index in [2.05, 4.69) is 50.3 Å². The average molecular weight is 246 g/mol. The van der Waals surface area contributed by atoms with E-state index in [0.717, 1.165) is 25.2 Å². The van der Waals surface area contributed by atoms with Crippen molar-refractivity contribution in [3.8, 4) is 5.75 Å². The SMILES string of the molecule is CCC/C=C/c1ccc(OCCCCCC)cc1. The maximum atomic E-state index is 5.71. The minimum absolute atomic E-state index is 0.838. The zero-order valence-electron chi connectivity index (χ0n) is 11.8. The van der Waals surface area contributed by atoms with Gasteiger partial charge in [0, 0.05) is 0 Å². The highest BCUT2D eigenvalue weighted by Gasteiger charge is 1.94. The number of allylic oxidation sites excluding steroid dienone is 1. The quantitative estimate of drug-likeness (QED) is 0.526.